The molecule has 0 heterocycles. The molecule has 112 valence electrons. The largest absolute Gasteiger partial charge is 0.351 e. The maximum absolute atomic E-state index is 12.9. The van der Waals surface area contributed by atoms with E-state index in [1.54, 1.807) is 6.92 Å². The highest BCUT2D eigenvalue weighted by atomic mass is 16.2. The van der Waals surface area contributed by atoms with Crippen molar-refractivity contribution in [1.82, 2.24) is 5.32 Å². The minimum absolute atomic E-state index is 0.0343. The highest BCUT2D eigenvalue weighted by Gasteiger charge is 2.76. The molecule has 20 heavy (non-hydrogen) atoms. The summed E-state index contributed by atoms with van der Waals surface area (Å²) in [5.41, 5.74) is -1.29. The Morgan fingerprint density at radius 1 is 1.40 bits per heavy atom. The summed E-state index contributed by atoms with van der Waals surface area (Å²) < 4.78 is 0. The molecule has 0 aromatic heterocycles. The van der Waals surface area contributed by atoms with Crippen molar-refractivity contribution in [1.29, 1.82) is 0 Å². The third-order valence-electron chi connectivity index (χ3n) is 5.46. The van der Waals surface area contributed by atoms with E-state index in [4.69, 9.17) is 0 Å². The van der Waals surface area contributed by atoms with Crippen LogP contribution >= 0.6 is 0 Å². The van der Waals surface area contributed by atoms with Gasteiger partial charge in [-0.25, -0.2) is 0 Å². The highest BCUT2D eigenvalue weighted by molar-refractivity contribution is 5.97. The number of carbonyl (C=O) groups is 2. The summed E-state index contributed by atoms with van der Waals surface area (Å²) in [7, 11) is 0. The highest BCUT2D eigenvalue weighted by Crippen LogP contribution is 2.75. The molecule has 2 aliphatic carbocycles. The van der Waals surface area contributed by atoms with Crippen molar-refractivity contribution >= 4 is 11.7 Å². The zero-order chi connectivity index (χ0) is 15.3. The van der Waals surface area contributed by atoms with Gasteiger partial charge >= 0.3 is 0 Å². The van der Waals surface area contributed by atoms with Crippen LogP contribution < -0.4 is 5.32 Å². The van der Waals surface area contributed by atoms with E-state index < -0.39 is 10.8 Å². The molecule has 1 amide bonds. The average molecular weight is 277 g/mol. The maximum Gasteiger partial charge on any atom is 0.227 e. The Bertz CT molecular complexity index is 462. The van der Waals surface area contributed by atoms with E-state index in [0.29, 0.717) is 5.92 Å². The van der Waals surface area contributed by atoms with Crippen molar-refractivity contribution in [3.63, 3.8) is 0 Å². The Kier molecular flexibility index (Phi) is 3.39. The molecule has 1 N–H and O–H groups in total. The zero-order valence-electron chi connectivity index (χ0n) is 13.4. The molecular weight excluding hydrogens is 250 g/mol. The lowest BCUT2D eigenvalue weighted by atomic mass is 9.65. The number of ketones is 1. The SMILES string of the molecule is C=CCC1C[C@H]2C[C@@]2(C(C)=O)C1(C)C(=O)NC(C)(C)C. The van der Waals surface area contributed by atoms with Crippen LogP contribution in [0.2, 0.25) is 0 Å². The number of fused-ring (bicyclic) bond motifs is 1. The minimum Gasteiger partial charge on any atom is -0.351 e. The molecule has 3 heteroatoms. The number of nitrogens with one attached hydrogen (secondary N) is 1. The van der Waals surface area contributed by atoms with Gasteiger partial charge in [-0.05, 0) is 65.7 Å². The van der Waals surface area contributed by atoms with Gasteiger partial charge in [0.2, 0.25) is 5.91 Å². The Morgan fingerprint density at radius 2 is 2.00 bits per heavy atom. The van der Waals surface area contributed by atoms with Crippen molar-refractivity contribution < 1.29 is 9.59 Å². The number of hydrogen-bond acceptors (Lipinski definition) is 2. The van der Waals surface area contributed by atoms with Gasteiger partial charge in [-0.1, -0.05) is 6.08 Å². The van der Waals surface area contributed by atoms with Gasteiger partial charge in [-0.2, -0.15) is 0 Å². The van der Waals surface area contributed by atoms with Crippen LogP contribution in [0.1, 0.15) is 53.9 Å². The smallest absolute Gasteiger partial charge is 0.227 e. The Hall–Kier alpha value is -1.12. The molecule has 3 nitrogen and oxygen atoms in total. The third-order valence-corrected chi connectivity index (χ3v) is 5.46. The molecule has 0 bridgehead atoms. The van der Waals surface area contributed by atoms with E-state index in [-0.39, 0.29) is 23.1 Å². The first-order valence-corrected chi connectivity index (χ1v) is 7.54. The van der Waals surface area contributed by atoms with Gasteiger partial charge < -0.3 is 5.32 Å². The van der Waals surface area contributed by atoms with E-state index in [9.17, 15) is 9.59 Å². The molecule has 4 atom stereocenters. The molecule has 2 aliphatic rings. The van der Waals surface area contributed by atoms with Crippen molar-refractivity contribution in [2.24, 2.45) is 22.7 Å². The van der Waals surface area contributed by atoms with Crippen molar-refractivity contribution in [3.8, 4) is 0 Å². The second-order valence-corrected chi connectivity index (χ2v) is 7.79. The Balaban J connectivity index is 2.38. The van der Waals surface area contributed by atoms with Crippen LogP contribution in [0, 0.1) is 22.7 Å². The molecule has 0 radical (unpaired) electrons. The molecule has 2 rings (SSSR count). The van der Waals surface area contributed by atoms with Gasteiger partial charge in [-0.3, -0.25) is 9.59 Å². The lowest BCUT2D eigenvalue weighted by molar-refractivity contribution is -0.144. The van der Waals surface area contributed by atoms with Gasteiger partial charge in [0.15, 0.2) is 0 Å². The summed E-state index contributed by atoms with van der Waals surface area (Å²) in [6, 6.07) is 0. The number of Topliss-reactive ketones (excluding diaryl/α,β-unsaturated/α-hetero) is 1. The number of rotatable bonds is 4. The van der Waals surface area contributed by atoms with Gasteiger partial charge in [-0.15, -0.1) is 6.58 Å². The molecule has 2 fully saturated rings. The maximum atomic E-state index is 12.9. The van der Waals surface area contributed by atoms with E-state index in [2.05, 4.69) is 11.9 Å². The van der Waals surface area contributed by atoms with Crippen LogP contribution in [0.4, 0.5) is 0 Å². The molecule has 0 aliphatic heterocycles. The molecule has 0 aromatic rings. The topological polar surface area (TPSA) is 46.2 Å². The predicted octanol–water partition coefficient (Wildman–Crippen LogP) is 3.10. The van der Waals surface area contributed by atoms with Crippen LogP contribution in [0.5, 0.6) is 0 Å². The second-order valence-electron chi connectivity index (χ2n) is 7.79. The summed E-state index contributed by atoms with van der Waals surface area (Å²) in [6.45, 7) is 13.4. The Labute approximate surface area is 122 Å². The third kappa shape index (κ3) is 1.94. The van der Waals surface area contributed by atoms with Crippen molar-refractivity contribution in [3.05, 3.63) is 12.7 Å². The van der Waals surface area contributed by atoms with Gasteiger partial charge in [0, 0.05) is 11.0 Å². The zero-order valence-corrected chi connectivity index (χ0v) is 13.4. The fourth-order valence-electron chi connectivity index (χ4n) is 4.38. The lowest BCUT2D eigenvalue weighted by Crippen LogP contribution is -2.54. The lowest BCUT2D eigenvalue weighted by Gasteiger charge is -2.40. The quantitative estimate of drug-likeness (QED) is 0.803. The summed E-state index contributed by atoms with van der Waals surface area (Å²) in [4.78, 5) is 25.2. The summed E-state index contributed by atoms with van der Waals surface area (Å²) in [5, 5.41) is 3.10. The number of hydrogen-bond donors (Lipinski definition) is 1. The molecule has 0 spiro atoms. The van der Waals surface area contributed by atoms with Gasteiger partial charge in [0.05, 0.1) is 5.41 Å². The Morgan fingerprint density at radius 3 is 2.45 bits per heavy atom. The predicted molar refractivity (Wildman–Crippen MR) is 80.1 cm³/mol. The summed E-state index contributed by atoms with van der Waals surface area (Å²) in [6.07, 6.45) is 4.54. The average Bonchev–Trinajstić information content (AvgIpc) is 2.95. The molecule has 0 saturated heterocycles. The first kappa shape index (κ1) is 15.3. The number of allylic oxidation sites excluding steroid dienone is 1. The molecule has 0 aromatic carbocycles. The second kappa shape index (κ2) is 4.44. The van der Waals surface area contributed by atoms with E-state index >= 15 is 0 Å². The summed E-state index contributed by atoms with van der Waals surface area (Å²) >= 11 is 0. The monoisotopic (exact) mass is 277 g/mol. The van der Waals surface area contributed by atoms with Crippen LogP contribution in [-0.4, -0.2) is 17.2 Å². The minimum atomic E-state index is -0.592. The normalized spacial score (nSPS) is 39.0. The van der Waals surface area contributed by atoms with Gasteiger partial charge in [0.25, 0.3) is 0 Å². The van der Waals surface area contributed by atoms with Crippen LogP contribution in [0.15, 0.2) is 12.7 Å². The number of carbonyl (C=O) groups excluding carboxylic acids is 2. The number of amides is 1. The van der Waals surface area contributed by atoms with E-state index in [1.807, 2.05) is 33.8 Å². The molecular formula is C17H27NO2. The van der Waals surface area contributed by atoms with Crippen LogP contribution in [0.3, 0.4) is 0 Å². The molecule has 2 saturated carbocycles. The van der Waals surface area contributed by atoms with E-state index in [0.717, 1.165) is 19.3 Å². The van der Waals surface area contributed by atoms with Crippen LogP contribution in [0.25, 0.3) is 0 Å². The van der Waals surface area contributed by atoms with Crippen molar-refractivity contribution in [2.75, 3.05) is 0 Å². The van der Waals surface area contributed by atoms with Gasteiger partial charge in [0.1, 0.15) is 5.78 Å². The fourth-order valence-corrected chi connectivity index (χ4v) is 4.38. The summed E-state index contributed by atoms with van der Waals surface area (Å²) in [5.74, 6) is 0.832. The fraction of sp³-hybridized carbons (Fsp3) is 0.765. The van der Waals surface area contributed by atoms with E-state index in [1.165, 1.54) is 0 Å². The molecule has 2 unspecified atom stereocenters. The first-order valence-electron chi connectivity index (χ1n) is 7.54. The van der Waals surface area contributed by atoms with Crippen molar-refractivity contribution in [2.45, 2.75) is 59.4 Å². The first-order chi connectivity index (χ1) is 9.09. The van der Waals surface area contributed by atoms with Crippen LogP contribution in [-0.2, 0) is 9.59 Å². The standard InChI is InChI=1S/C17H27NO2/c1-7-8-12-9-13-10-17(13,11(2)19)16(12,6)14(20)18-15(3,4)5/h7,12-13H,1,8-10H2,2-6H3,(H,18,20)/t12?,13-,16?,17-/m0/s1.